The molecule has 0 unspecified atom stereocenters. The molecule has 1 aliphatic heterocycles. The van der Waals surface area contributed by atoms with Crippen LogP contribution in [0, 0.1) is 0 Å². The lowest BCUT2D eigenvalue weighted by Gasteiger charge is -2.21. The first-order valence-electron chi connectivity index (χ1n) is 8.12. The number of nitrogens with one attached hydrogen (secondary N) is 1. The molecule has 0 bridgehead atoms. The maximum absolute atomic E-state index is 12.8. The number of carbonyl (C=O) groups is 2. The van der Waals surface area contributed by atoms with Crippen LogP contribution >= 0.6 is 0 Å². The lowest BCUT2D eigenvalue weighted by Crippen LogP contribution is -2.40. The van der Waals surface area contributed by atoms with E-state index in [1.807, 2.05) is 0 Å². The number of phenolic OH excluding ortho intramolecular Hbond substituents is 1. The third-order valence-corrected chi connectivity index (χ3v) is 4.40. The van der Waals surface area contributed by atoms with Crippen molar-refractivity contribution in [1.29, 1.82) is 0 Å². The molecule has 0 saturated carbocycles. The zero-order valence-electron chi connectivity index (χ0n) is 15.1. The summed E-state index contributed by atoms with van der Waals surface area (Å²) in [7, 11) is 2.97. The molecule has 3 amide bonds. The SMILES string of the molecule is COc1ccc([C@]2(C)NC(=O)N(/N=C/c3cccc(OC)c3O)C2=O)cc1. The molecule has 2 N–H and O–H groups in total. The molecule has 0 aromatic heterocycles. The number of para-hydroxylation sites is 1. The summed E-state index contributed by atoms with van der Waals surface area (Å²) < 4.78 is 10.1. The van der Waals surface area contributed by atoms with Crippen molar-refractivity contribution in [2.24, 2.45) is 5.10 Å². The molecule has 0 aliphatic carbocycles. The van der Waals surface area contributed by atoms with E-state index in [0.29, 0.717) is 16.9 Å². The number of ether oxygens (including phenoxy) is 2. The number of aromatic hydroxyl groups is 1. The Hall–Kier alpha value is -3.55. The third-order valence-electron chi connectivity index (χ3n) is 4.40. The number of nitrogens with zero attached hydrogens (tertiary/aromatic N) is 2. The Morgan fingerprint density at radius 1 is 1.11 bits per heavy atom. The number of rotatable bonds is 5. The number of hydrogen-bond donors (Lipinski definition) is 2. The Labute approximate surface area is 156 Å². The number of urea groups is 1. The van der Waals surface area contributed by atoms with Gasteiger partial charge < -0.3 is 19.9 Å². The van der Waals surface area contributed by atoms with Crippen molar-refractivity contribution in [2.75, 3.05) is 14.2 Å². The third kappa shape index (κ3) is 3.17. The number of carbonyl (C=O) groups excluding carboxylic acids is 2. The van der Waals surface area contributed by atoms with Gasteiger partial charge in [-0.05, 0) is 36.8 Å². The van der Waals surface area contributed by atoms with E-state index in [0.717, 1.165) is 5.01 Å². The van der Waals surface area contributed by atoms with E-state index in [1.54, 1.807) is 56.5 Å². The Morgan fingerprint density at radius 2 is 1.81 bits per heavy atom. The highest BCUT2D eigenvalue weighted by Crippen LogP contribution is 2.31. The fraction of sp³-hybridized carbons (Fsp3) is 0.211. The van der Waals surface area contributed by atoms with E-state index >= 15 is 0 Å². The van der Waals surface area contributed by atoms with Crippen LogP contribution < -0.4 is 14.8 Å². The van der Waals surface area contributed by atoms with Crippen molar-refractivity contribution in [3.63, 3.8) is 0 Å². The topological polar surface area (TPSA) is 100 Å². The van der Waals surface area contributed by atoms with Crippen LogP contribution in [-0.4, -0.2) is 42.5 Å². The van der Waals surface area contributed by atoms with E-state index in [9.17, 15) is 14.7 Å². The maximum Gasteiger partial charge on any atom is 0.346 e. The molecule has 1 atom stereocenters. The van der Waals surface area contributed by atoms with Crippen LogP contribution in [-0.2, 0) is 10.3 Å². The number of phenols is 1. The minimum atomic E-state index is -1.25. The summed E-state index contributed by atoms with van der Waals surface area (Å²) in [5.74, 6) is 0.242. The number of hydrogen-bond acceptors (Lipinski definition) is 6. The highest BCUT2D eigenvalue weighted by atomic mass is 16.5. The molecule has 1 aliphatic rings. The molecule has 1 fully saturated rings. The van der Waals surface area contributed by atoms with Crippen LogP contribution in [0.3, 0.4) is 0 Å². The van der Waals surface area contributed by atoms with Gasteiger partial charge in [0.2, 0.25) is 0 Å². The van der Waals surface area contributed by atoms with Crippen LogP contribution in [0.25, 0.3) is 0 Å². The Morgan fingerprint density at radius 3 is 2.44 bits per heavy atom. The predicted molar refractivity (Wildman–Crippen MR) is 98.0 cm³/mol. The molecule has 140 valence electrons. The largest absolute Gasteiger partial charge is 0.504 e. The molecule has 0 radical (unpaired) electrons. The van der Waals surface area contributed by atoms with E-state index in [-0.39, 0.29) is 11.5 Å². The van der Waals surface area contributed by atoms with Gasteiger partial charge in [-0.3, -0.25) is 4.79 Å². The van der Waals surface area contributed by atoms with Gasteiger partial charge in [0.25, 0.3) is 5.91 Å². The summed E-state index contributed by atoms with van der Waals surface area (Å²) >= 11 is 0. The van der Waals surface area contributed by atoms with Crippen molar-refractivity contribution in [2.45, 2.75) is 12.5 Å². The second-order valence-electron chi connectivity index (χ2n) is 6.04. The second-order valence-corrected chi connectivity index (χ2v) is 6.04. The quantitative estimate of drug-likeness (QED) is 0.622. The number of benzene rings is 2. The maximum atomic E-state index is 12.8. The fourth-order valence-electron chi connectivity index (χ4n) is 2.78. The Balaban J connectivity index is 1.87. The van der Waals surface area contributed by atoms with Gasteiger partial charge in [0.15, 0.2) is 11.5 Å². The van der Waals surface area contributed by atoms with Gasteiger partial charge in [0.1, 0.15) is 11.3 Å². The van der Waals surface area contributed by atoms with Crippen molar-refractivity contribution in [3.05, 3.63) is 53.6 Å². The summed E-state index contributed by atoms with van der Waals surface area (Å²) in [6.45, 7) is 1.60. The smallest absolute Gasteiger partial charge is 0.346 e. The van der Waals surface area contributed by atoms with Crippen molar-refractivity contribution in [1.82, 2.24) is 10.3 Å². The molecule has 2 aromatic rings. The minimum absolute atomic E-state index is 0.131. The van der Waals surface area contributed by atoms with Gasteiger partial charge in [-0.2, -0.15) is 5.10 Å². The Bertz CT molecular complexity index is 910. The first-order chi connectivity index (χ1) is 12.9. The van der Waals surface area contributed by atoms with Crippen LogP contribution in [0.5, 0.6) is 17.2 Å². The van der Waals surface area contributed by atoms with E-state index < -0.39 is 17.5 Å². The molecule has 8 nitrogen and oxygen atoms in total. The van der Waals surface area contributed by atoms with Crippen LogP contribution in [0.2, 0.25) is 0 Å². The summed E-state index contributed by atoms with van der Waals surface area (Å²) in [5, 5.41) is 17.4. The summed E-state index contributed by atoms with van der Waals surface area (Å²) in [4.78, 5) is 25.1. The number of methoxy groups -OCH3 is 2. The lowest BCUT2D eigenvalue weighted by molar-refractivity contribution is -0.131. The Kier molecular flexibility index (Phi) is 4.72. The molecular formula is C19H19N3O5. The normalized spacial score (nSPS) is 19.4. The molecule has 1 saturated heterocycles. The van der Waals surface area contributed by atoms with Gasteiger partial charge >= 0.3 is 6.03 Å². The molecule has 3 rings (SSSR count). The van der Waals surface area contributed by atoms with Crippen molar-refractivity contribution in [3.8, 4) is 17.2 Å². The first kappa shape index (κ1) is 18.2. The summed E-state index contributed by atoms with van der Waals surface area (Å²) in [5.41, 5.74) is -0.339. The predicted octanol–water partition coefficient (Wildman–Crippen LogP) is 2.21. The van der Waals surface area contributed by atoms with Crippen LogP contribution in [0.1, 0.15) is 18.1 Å². The van der Waals surface area contributed by atoms with E-state index in [4.69, 9.17) is 9.47 Å². The fourth-order valence-corrected chi connectivity index (χ4v) is 2.78. The minimum Gasteiger partial charge on any atom is -0.504 e. The zero-order chi connectivity index (χ0) is 19.6. The standard InChI is InChI=1S/C19H19N3O5/c1-19(13-7-9-14(26-2)10-8-13)17(24)22(18(25)21-19)20-11-12-5-4-6-15(27-3)16(12)23/h4-11,23H,1-3H3,(H,21,25)/b20-11+/t19-/m0/s1. The highest BCUT2D eigenvalue weighted by molar-refractivity contribution is 6.07. The van der Waals surface area contributed by atoms with Gasteiger partial charge in [-0.1, -0.05) is 18.2 Å². The second kappa shape index (κ2) is 6.99. The van der Waals surface area contributed by atoms with Gasteiger partial charge in [0.05, 0.1) is 20.4 Å². The first-order valence-corrected chi connectivity index (χ1v) is 8.12. The molecule has 2 aromatic carbocycles. The molecular weight excluding hydrogens is 350 g/mol. The molecule has 0 spiro atoms. The lowest BCUT2D eigenvalue weighted by atomic mass is 9.92. The number of amides is 3. The molecule has 8 heteroatoms. The van der Waals surface area contributed by atoms with E-state index in [2.05, 4.69) is 10.4 Å². The molecule has 27 heavy (non-hydrogen) atoms. The number of imide groups is 1. The van der Waals surface area contributed by atoms with Crippen molar-refractivity contribution < 1.29 is 24.2 Å². The monoisotopic (exact) mass is 369 g/mol. The summed E-state index contributed by atoms with van der Waals surface area (Å²) in [6.07, 6.45) is 1.23. The molecule has 1 heterocycles. The van der Waals surface area contributed by atoms with E-state index in [1.165, 1.54) is 13.3 Å². The average Bonchev–Trinajstić information content (AvgIpc) is 2.90. The van der Waals surface area contributed by atoms with Crippen molar-refractivity contribution >= 4 is 18.2 Å². The zero-order valence-corrected chi connectivity index (χ0v) is 15.1. The van der Waals surface area contributed by atoms with Gasteiger partial charge in [-0.25, -0.2) is 4.79 Å². The van der Waals surface area contributed by atoms with Crippen LogP contribution in [0.15, 0.2) is 47.6 Å². The number of hydrazone groups is 1. The average molecular weight is 369 g/mol. The van der Waals surface area contributed by atoms with Gasteiger partial charge in [0, 0.05) is 5.56 Å². The summed E-state index contributed by atoms with van der Waals surface area (Å²) in [6, 6.07) is 11.0. The van der Waals surface area contributed by atoms with Crippen LogP contribution in [0.4, 0.5) is 4.79 Å². The van der Waals surface area contributed by atoms with Gasteiger partial charge in [-0.15, -0.1) is 5.01 Å². The highest BCUT2D eigenvalue weighted by Gasteiger charge is 2.49.